The highest BCUT2D eigenvalue weighted by Crippen LogP contribution is 2.14. The highest BCUT2D eigenvalue weighted by Gasteiger charge is 2.11. The summed E-state index contributed by atoms with van der Waals surface area (Å²) < 4.78 is 14.4. The summed E-state index contributed by atoms with van der Waals surface area (Å²) in [7, 11) is 0. The van der Waals surface area contributed by atoms with Crippen molar-refractivity contribution in [3.8, 4) is 5.88 Å². The number of rotatable bonds is 5. The number of H-pyrrole nitrogens is 1. The summed E-state index contributed by atoms with van der Waals surface area (Å²) >= 11 is 10.2. The van der Waals surface area contributed by atoms with Crippen LogP contribution in [0.5, 0.6) is 5.88 Å². The summed E-state index contributed by atoms with van der Waals surface area (Å²) in [5.74, 6) is -0.738. The van der Waals surface area contributed by atoms with Crippen molar-refractivity contribution in [2.75, 3.05) is 5.32 Å². The SMILES string of the molecule is O=c1[nH]c(=S)n(Cc2ccc(F)cc2)c(O)c1/C=N/NC(=S)Nc1ccccc1. The second-order valence-electron chi connectivity index (χ2n) is 5.90. The molecule has 0 amide bonds. The fraction of sp³-hybridized carbons (Fsp3) is 0.0526. The van der Waals surface area contributed by atoms with Crippen LogP contribution in [-0.4, -0.2) is 26.0 Å². The number of hydrogen-bond acceptors (Lipinski definition) is 5. The van der Waals surface area contributed by atoms with Gasteiger partial charge in [-0.2, -0.15) is 5.10 Å². The third-order valence-electron chi connectivity index (χ3n) is 3.85. The van der Waals surface area contributed by atoms with Gasteiger partial charge in [0.1, 0.15) is 11.4 Å². The number of benzene rings is 2. The first kappa shape index (κ1) is 20.4. The number of nitrogens with zero attached hydrogens (tertiary/aromatic N) is 2. The second-order valence-corrected chi connectivity index (χ2v) is 6.69. The minimum Gasteiger partial charge on any atom is -0.494 e. The van der Waals surface area contributed by atoms with E-state index in [0.29, 0.717) is 5.56 Å². The van der Waals surface area contributed by atoms with Gasteiger partial charge in [-0.3, -0.25) is 19.8 Å². The first-order valence-corrected chi connectivity index (χ1v) is 9.21. The number of thiocarbonyl (C=S) groups is 1. The van der Waals surface area contributed by atoms with Gasteiger partial charge in [-0.05, 0) is 54.3 Å². The monoisotopic (exact) mass is 429 g/mol. The van der Waals surface area contributed by atoms with Crippen molar-refractivity contribution in [3.05, 3.63) is 86.7 Å². The van der Waals surface area contributed by atoms with Crippen LogP contribution in [0.25, 0.3) is 0 Å². The van der Waals surface area contributed by atoms with E-state index < -0.39 is 5.56 Å². The lowest BCUT2D eigenvalue weighted by Crippen LogP contribution is -2.25. The highest BCUT2D eigenvalue weighted by molar-refractivity contribution is 7.80. The van der Waals surface area contributed by atoms with Crippen LogP contribution in [0.2, 0.25) is 0 Å². The van der Waals surface area contributed by atoms with E-state index in [4.69, 9.17) is 24.4 Å². The molecule has 4 N–H and O–H groups in total. The van der Waals surface area contributed by atoms with Crippen molar-refractivity contribution in [1.29, 1.82) is 0 Å². The normalized spacial score (nSPS) is 10.8. The Bertz CT molecular complexity index is 1160. The van der Waals surface area contributed by atoms with E-state index in [0.717, 1.165) is 11.9 Å². The maximum Gasteiger partial charge on any atom is 0.264 e. The van der Waals surface area contributed by atoms with Gasteiger partial charge in [0, 0.05) is 5.69 Å². The van der Waals surface area contributed by atoms with Crippen molar-refractivity contribution in [2.45, 2.75) is 6.54 Å². The molecule has 0 bridgehead atoms. The zero-order valence-corrected chi connectivity index (χ0v) is 16.6. The molecule has 7 nitrogen and oxygen atoms in total. The van der Waals surface area contributed by atoms with E-state index in [1.165, 1.54) is 16.7 Å². The number of nitrogens with one attached hydrogen (secondary N) is 3. The first-order valence-electron chi connectivity index (χ1n) is 8.39. The van der Waals surface area contributed by atoms with Gasteiger partial charge < -0.3 is 10.4 Å². The molecule has 3 rings (SSSR count). The van der Waals surface area contributed by atoms with Crippen LogP contribution >= 0.6 is 24.4 Å². The number of hydrogen-bond donors (Lipinski definition) is 4. The van der Waals surface area contributed by atoms with E-state index in [9.17, 15) is 14.3 Å². The average Bonchev–Trinajstić information content (AvgIpc) is 2.70. The van der Waals surface area contributed by atoms with Crippen LogP contribution in [0.3, 0.4) is 0 Å². The molecular weight excluding hydrogens is 413 g/mol. The van der Waals surface area contributed by atoms with Gasteiger partial charge in [-0.1, -0.05) is 30.3 Å². The molecule has 0 aliphatic heterocycles. The molecule has 0 fully saturated rings. The maximum atomic E-state index is 13.1. The minimum absolute atomic E-state index is 0.0307. The Kier molecular flexibility index (Phi) is 6.47. The Hall–Kier alpha value is -3.37. The number of aromatic amines is 1. The summed E-state index contributed by atoms with van der Waals surface area (Å²) in [6, 6.07) is 14.9. The van der Waals surface area contributed by atoms with Crippen molar-refractivity contribution >= 4 is 41.5 Å². The molecule has 1 heterocycles. The lowest BCUT2D eigenvalue weighted by Gasteiger charge is -2.11. The molecule has 0 saturated carbocycles. The molecule has 3 aromatic rings. The van der Waals surface area contributed by atoms with E-state index in [1.54, 1.807) is 12.1 Å². The Morgan fingerprint density at radius 1 is 1.21 bits per heavy atom. The molecule has 0 atom stereocenters. The molecular formula is C19H16FN5O2S2. The molecule has 2 aromatic carbocycles. The standard InChI is InChI=1S/C19H16FN5O2S2/c20-13-8-6-12(7-9-13)11-25-17(27)15(16(26)23-19(25)29)10-21-24-18(28)22-14-4-2-1-3-5-14/h1-10,27H,11H2,(H2,22,24,28)(H,23,26,29)/b21-10+. The van der Waals surface area contributed by atoms with Crippen molar-refractivity contribution < 1.29 is 9.50 Å². The molecule has 1 aromatic heterocycles. The van der Waals surface area contributed by atoms with Crippen LogP contribution in [0, 0.1) is 10.6 Å². The summed E-state index contributed by atoms with van der Waals surface area (Å²) in [6.07, 6.45) is 1.14. The predicted molar refractivity (Wildman–Crippen MR) is 116 cm³/mol. The summed E-state index contributed by atoms with van der Waals surface area (Å²) in [5, 5.41) is 17.5. The van der Waals surface area contributed by atoms with E-state index in [-0.39, 0.29) is 33.7 Å². The highest BCUT2D eigenvalue weighted by atomic mass is 32.1. The van der Waals surface area contributed by atoms with Gasteiger partial charge in [-0.15, -0.1) is 0 Å². The van der Waals surface area contributed by atoms with Crippen LogP contribution in [0.1, 0.15) is 11.1 Å². The Morgan fingerprint density at radius 3 is 2.59 bits per heavy atom. The zero-order chi connectivity index (χ0) is 20.8. The second kappa shape index (κ2) is 9.22. The Balaban J connectivity index is 1.77. The number of aromatic nitrogens is 2. The predicted octanol–water partition coefficient (Wildman–Crippen LogP) is 3.12. The molecule has 0 radical (unpaired) electrons. The molecule has 0 unspecified atom stereocenters. The van der Waals surface area contributed by atoms with E-state index in [1.807, 2.05) is 30.3 Å². The first-order chi connectivity index (χ1) is 13.9. The van der Waals surface area contributed by atoms with Crippen molar-refractivity contribution in [1.82, 2.24) is 15.0 Å². The van der Waals surface area contributed by atoms with E-state index in [2.05, 4.69) is 20.8 Å². The lowest BCUT2D eigenvalue weighted by molar-refractivity contribution is 0.411. The molecule has 29 heavy (non-hydrogen) atoms. The molecule has 0 aliphatic rings. The van der Waals surface area contributed by atoms with E-state index >= 15 is 0 Å². The number of aromatic hydroxyl groups is 1. The quantitative estimate of drug-likeness (QED) is 0.283. The third-order valence-corrected chi connectivity index (χ3v) is 4.37. The number of hydrazone groups is 1. The smallest absolute Gasteiger partial charge is 0.264 e. The fourth-order valence-corrected chi connectivity index (χ4v) is 2.86. The molecule has 0 spiro atoms. The Labute approximate surface area is 175 Å². The van der Waals surface area contributed by atoms with Gasteiger partial charge in [-0.25, -0.2) is 4.39 Å². The molecule has 148 valence electrons. The van der Waals surface area contributed by atoms with Crippen molar-refractivity contribution in [3.63, 3.8) is 0 Å². The molecule has 0 saturated heterocycles. The average molecular weight is 430 g/mol. The third kappa shape index (κ3) is 5.33. The summed E-state index contributed by atoms with van der Waals surface area (Å²) in [6.45, 7) is 0.143. The van der Waals surface area contributed by atoms with Crippen LogP contribution < -0.4 is 16.3 Å². The van der Waals surface area contributed by atoms with Gasteiger partial charge in [0.2, 0.25) is 5.88 Å². The fourth-order valence-electron chi connectivity index (χ4n) is 2.45. The largest absolute Gasteiger partial charge is 0.494 e. The van der Waals surface area contributed by atoms with Crippen LogP contribution in [0.4, 0.5) is 10.1 Å². The van der Waals surface area contributed by atoms with Crippen LogP contribution in [0.15, 0.2) is 64.5 Å². The molecule has 0 aliphatic carbocycles. The van der Waals surface area contributed by atoms with Gasteiger partial charge in [0.15, 0.2) is 9.88 Å². The number of halogens is 1. The number of para-hydroxylation sites is 1. The minimum atomic E-state index is -0.602. The molecule has 10 heteroatoms. The Morgan fingerprint density at radius 2 is 1.90 bits per heavy atom. The van der Waals surface area contributed by atoms with Crippen molar-refractivity contribution in [2.24, 2.45) is 5.10 Å². The summed E-state index contributed by atoms with van der Waals surface area (Å²) in [4.78, 5) is 14.6. The zero-order valence-electron chi connectivity index (χ0n) is 14.9. The van der Waals surface area contributed by atoms with Gasteiger partial charge >= 0.3 is 0 Å². The lowest BCUT2D eigenvalue weighted by atomic mass is 10.2. The topological polar surface area (TPSA) is 94.4 Å². The number of anilines is 1. The van der Waals surface area contributed by atoms with Gasteiger partial charge in [0.25, 0.3) is 5.56 Å². The summed E-state index contributed by atoms with van der Waals surface area (Å²) in [5.41, 5.74) is 3.34. The maximum absolute atomic E-state index is 13.1. The van der Waals surface area contributed by atoms with Crippen LogP contribution in [-0.2, 0) is 6.54 Å². The van der Waals surface area contributed by atoms with Gasteiger partial charge in [0.05, 0.1) is 12.8 Å².